The van der Waals surface area contributed by atoms with Crippen molar-refractivity contribution in [2.75, 3.05) is 12.4 Å². The Morgan fingerprint density at radius 1 is 1.38 bits per heavy atom. The zero-order valence-corrected chi connectivity index (χ0v) is 10.3. The Balaban J connectivity index is 2.74. The molecule has 0 fully saturated rings. The van der Waals surface area contributed by atoms with Crippen LogP contribution in [-0.2, 0) is 9.05 Å². The Morgan fingerprint density at radius 3 is 2.38 bits per heavy atom. The highest BCUT2D eigenvalue weighted by atomic mass is 35.7. The molecule has 1 unspecified atom stereocenters. The first kappa shape index (κ1) is 13.3. The lowest BCUT2D eigenvalue weighted by Gasteiger charge is -2.07. The predicted octanol–water partition coefficient (Wildman–Crippen LogP) is 2.66. The highest BCUT2D eigenvalue weighted by molar-refractivity contribution is 8.13. The molecule has 1 aromatic carbocycles. The first-order valence-corrected chi connectivity index (χ1v) is 7.19. The van der Waals surface area contributed by atoms with Crippen LogP contribution in [0, 0.1) is 0 Å². The topological polar surface area (TPSA) is 43.4 Å². The normalized spacial score (nSPS) is 13.4. The fourth-order valence-corrected chi connectivity index (χ4v) is 2.08. The van der Waals surface area contributed by atoms with Gasteiger partial charge in [-0.2, -0.15) is 0 Å². The fraction of sp³-hybridized carbons (Fsp3) is 0.400. The van der Waals surface area contributed by atoms with Gasteiger partial charge in [-0.3, -0.25) is 0 Å². The van der Waals surface area contributed by atoms with E-state index in [2.05, 4.69) is 0 Å². The number of alkyl halides is 1. The van der Waals surface area contributed by atoms with Crippen LogP contribution in [-0.4, -0.2) is 20.8 Å². The van der Waals surface area contributed by atoms with Gasteiger partial charge in [0.15, 0.2) is 0 Å². The van der Waals surface area contributed by atoms with Crippen LogP contribution in [0.1, 0.15) is 18.7 Å². The van der Waals surface area contributed by atoms with Gasteiger partial charge in [-0.05, 0) is 24.6 Å². The molecule has 1 rings (SSSR count). The van der Waals surface area contributed by atoms with E-state index in [9.17, 15) is 12.8 Å². The van der Waals surface area contributed by atoms with Gasteiger partial charge in [0, 0.05) is 10.7 Å². The third-order valence-electron chi connectivity index (χ3n) is 1.90. The second kappa shape index (κ2) is 5.50. The number of hydrogen-bond donors (Lipinski definition) is 0. The van der Waals surface area contributed by atoms with Crippen molar-refractivity contribution >= 4 is 19.7 Å². The lowest BCUT2D eigenvalue weighted by atomic mass is 10.1. The van der Waals surface area contributed by atoms with Crippen LogP contribution in [0.15, 0.2) is 24.3 Å². The molecular weight excluding hydrogens is 255 g/mol. The fourth-order valence-electron chi connectivity index (χ4n) is 1.21. The van der Waals surface area contributed by atoms with Gasteiger partial charge in [0.2, 0.25) is 9.05 Å². The summed E-state index contributed by atoms with van der Waals surface area (Å²) in [6, 6.07) is 6.15. The Bertz CT molecular complexity index is 430. The monoisotopic (exact) mass is 266 g/mol. The molecule has 1 atom stereocenters. The van der Waals surface area contributed by atoms with Crippen molar-refractivity contribution in [1.29, 1.82) is 0 Å². The summed E-state index contributed by atoms with van der Waals surface area (Å²) in [7, 11) is 1.14. The lowest BCUT2D eigenvalue weighted by molar-refractivity contribution is 0.339. The highest BCUT2D eigenvalue weighted by Crippen LogP contribution is 2.23. The molecule has 0 aliphatic carbocycles. The number of ether oxygens (including phenoxy) is 1. The van der Waals surface area contributed by atoms with Crippen molar-refractivity contribution in [3.05, 3.63) is 29.8 Å². The molecule has 0 saturated heterocycles. The Labute approximate surface area is 98.6 Å². The zero-order chi connectivity index (χ0) is 12.2. The standard InChI is InChI=1S/C10H12ClFO3S/c1-2-15-9-5-3-8(4-6-9)10(12)7-16(11,13)14/h3-6,10H,2,7H2,1H3. The maximum atomic E-state index is 13.4. The van der Waals surface area contributed by atoms with Gasteiger partial charge in [-0.1, -0.05) is 12.1 Å². The molecule has 0 N–H and O–H groups in total. The molecule has 0 aliphatic heterocycles. The number of halogens is 2. The van der Waals surface area contributed by atoms with Gasteiger partial charge in [0.05, 0.1) is 6.61 Å². The predicted molar refractivity (Wildman–Crippen MR) is 61.1 cm³/mol. The summed E-state index contributed by atoms with van der Waals surface area (Å²) in [5.74, 6) is -0.102. The minimum atomic E-state index is -3.83. The van der Waals surface area contributed by atoms with E-state index in [-0.39, 0.29) is 5.56 Å². The van der Waals surface area contributed by atoms with Gasteiger partial charge in [-0.25, -0.2) is 12.8 Å². The van der Waals surface area contributed by atoms with Crippen LogP contribution in [0.2, 0.25) is 0 Å². The molecule has 0 amide bonds. The van der Waals surface area contributed by atoms with E-state index in [0.29, 0.717) is 12.4 Å². The highest BCUT2D eigenvalue weighted by Gasteiger charge is 2.17. The Kier molecular flexibility index (Phi) is 4.56. The molecular formula is C10H12ClFO3S. The van der Waals surface area contributed by atoms with E-state index in [1.807, 2.05) is 6.92 Å². The maximum absolute atomic E-state index is 13.4. The average Bonchev–Trinajstić information content (AvgIpc) is 2.16. The first-order valence-electron chi connectivity index (χ1n) is 4.71. The van der Waals surface area contributed by atoms with Crippen molar-refractivity contribution in [3.63, 3.8) is 0 Å². The second-order valence-electron chi connectivity index (χ2n) is 3.18. The largest absolute Gasteiger partial charge is 0.494 e. The van der Waals surface area contributed by atoms with Crippen LogP contribution in [0.4, 0.5) is 4.39 Å². The molecule has 0 aliphatic rings. The molecule has 0 bridgehead atoms. The van der Waals surface area contributed by atoms with Crippen molar-refractivity contribution < 1.29 is 17.5 Å². The smallest absolute Gasteiger partial charge is 0.235 e. The minimum Gasteiger partial charge on any atom is -0.494 e. The van der Waals surface area contributed by atoms with Crippen LogP contribution in [0.3, 0.4) is 0 Å². The summed E-state index contributed by atoms with van der Waals surface area (Å²) in [6.45, 7) is 2.36. The third-order valence-corrected chi connectivity index (χ3v) is 2.97. The minimum absolute atomic E-state index is 0.271. The van der Waals surface area contributed by atoms with E-state index < -0.39 is 21.0 Å². The van der Waals surface area contributed by atoms with Gasteiger partial charge in [-0.15, -0.1) is 0 Å². The molecule has 0 heterocycles. The van der Waals surface area contributed by atoms with E-state index in [1.54, 1.807) is 12.1 Å². The summed E-state index contributed by atoms with van der Waals surface area (Å²) in [6.07, 6.45) is -1.61. The molecule has 3 nitrogen and oxygen atoms in total. The Morgan fingerprint density at radius 2 is 1.94 bits per heavy atom. The summed E-state index contributed by atoms with van der Waals surface area (Å²) < 4.78 is 40.0. The summed E-state index contributed by atoms with van der Waals surface area (Å²) in [4.78, 5) is 0. The van der Waals surface area contributed by atoms with Crippen molar-refractivity contribution in [2.24, 2.45) is 0 Å². The molecule has 0 radical (unpaired) electrons. The van der Waals surface area contributed by atoms with Gasteiger partial charge in [0.25, 0.3) is 0 Å². The van der Waals surface area contributed by atoms with Crippen LogP contribution in [0.5, 0.6) is 5.75 Å². The molecule has 0 spiro atoms. The van der Waals surface area contributed by atoms with Gasteiger partial charge >= 0.3 is 0 Å². The first-order chi connectivity index (χ1) is 7.42. The van der Waals surface area contributed by atoms with E-state index >= 15 is 0 Å². The van der Waals surface area contributed by atoms with Gasteiger partial charge in [0.1, 0.15) is 17.7 Å². The van der Waals surface area contributed by atoms with Crippen molar-refractivity contribution in [1.82, 2.24) is 0 Å². The van der Waals surface area contributed by atoms with Crippen LogP contribution in [0.25, 0.3) is 0 Å². The van der Waals surface area contributed by atoms with Crippen LogP contribution < -0.4 is 4.74 Å². The van der Waals surface area contributed by atoms with E-state index in [4.69, 9.17) is 15.4 Å². The second-order valence-corrected chi connectivity index (χ2v) is 6.00. The maximum Gasteiger partial charge on any atom is 0.235 e. The lowest BCUT2D eigenvalue weighted by Crippen LogP contribution is -2.05. The van der Waals surface area contributed by atoms with Crippen molar-refractivity contribution in [3.8, 4) is 5.75 Å². The molecule has 90 valence electrons. The molecule has 0 saturated carbocycles. The Hall–Kier alpha value is -0.810. The molecule has 6 heteroatoms. The summed E-state index contributed by atoms with van der Waals surface area (Å²) >= 11 is 0. The number of rotatable bonds is 5. The van der Waals surface area contributed by atoms with Crippen molar-refractivity contribution in [2.45, 2.75) is 13.1 Å². The molecule has 16 heavy (non-hydrogen) atoms. The average molecular weight is 267 g/mol. The zero-order valence-electron chi connectivity index (χ0n) is 8.69. The number of benzene rings is 1. The van der Waals surface area contributed by atoms with Gasteiger partial charge < -0.3 is 4.74 Å². The molecule has 1 aromatic rings. The third kappa shape index (κ3) is 4.37. The summed E-state index contributed by atoms with van der Waals surface area (Å²) in [5.41, 5.74) is 0.271. The van der Waals surface area contributed by atoms with E-state index in [0.717, 1.165) is 0 Å². The number of hydrogen-bond acceptors (Lipinski definition) is 3. The SMILES string of the molecule is CCOc1ccc(C(F)CS(=O)(=O)Cl)cc1. The van der Waals surface area contributed by atoms with Crippen LogP contribution >= 0.6 is 10.7 Å². The van der Waals surface area contributed by atoms with E-state index in [1.165, 1.54) is 12.1 Å². The quantitative estimate of drug-likeness (QED) is 0.770. The molecule has 0 aromatic heterocycles. The summed E-state index contributed by atoms with van der Waals surface area (Å²) in [5, 5.41) is 0.